The Hall–Kier alpha value is -2.94. The second-order valence-electron chi connectivity index (χ2n) is 9.40. The van der Waals surface area contributed by atoms with Gasteiger partial charge in [-0.3, -0.25) is 0 Å². The predicted octanol–water partition coefficient (Wildman–Crippen LogP) is 8.00. The molecule has 0 radical (unpaired) electrons. The van der Waals surface area contributed by atoms with Crippen molar-refractivity contribution in [3.63, 3.8) is 0 Å². The van der Waals surface area contributed by atoms with E-state index in [0.717, 1.165) is 55.1 Å². The molecule has 3 heteroatoms. The molecule has 3 aromatic rings. The summed E-state index contributed by atoms with van der Waals surface area (Å²) in [7, 11) is 0. The first-order valence-corrected chi connectivity index (χ1v) is 11.7. The fraction of sp³-hybridized carbons (Fsp3) is 0.333. The number of rotatable bonds is 8. The number of alkyl halides is 2. The highest BCUT2D eigenvalue weighted by molar-refractivity contribution is 5.64. The Kier molecular flexibility index (Phi) is 6.69. The number of aryl methyl sites for hydroxylation is 3. The van der Waals surface area contributed by atoms with Crippen LogP contribution < -0.4 is 4.74 Å². The zero-order chi connectivity index (χ0) is 23.6. The second-order valence-corrected chi connectivity index (χ2v) is 9.40. The summed E-state index contributed by atoms with van der Waals surface area (Å²) in [5.74, 6) is -1.75. The van der Waals surface area contributed by atoms with Gasteiger partial charge in [-0.05, 0) is 90.5 Å². The average Bonchev–Trinajstić information content (AvgIpc) is 3.27. The predicted molar refractivity (Wildman–Crippen MR) is 132 cm³/mol. The molecular weight excluding hydrogens is 414 g/mol. The molecule has 0 heterocycles. The van der Waals surface area contributed by atoms with E-state index in [-0.39, 0.29) is 5.56 Å². The smallest absolute Gasteiger partial charge is 0.270 e. The molecule has 33 heavy (non-hydrogen) atoms. The van der Waals surface area contributed by atoms with Crippen LogP contribution in [0.2, 0.25) is 0 Å². The van der Waals surface area contributed by atoms with Crippen LogP contribution in [0.25, 0.3) is 11.1 Å². The van der Waals surface area contributed by atoms with E-state index in [1.54, 1.807) is 12.1 Å². The van der Waals surface area contributed by atoms with E-state index in [1.165, 1.54) is 46.4 Å². The molecule has 0 saturated heterocycles. The van der Waals surface area contributed by atoms with Gasteiger partial charge in [-0.25, -0.2) is 8.78 Å². The zero-order valence-corrected chi connectivity index (χ0v) is 19.8. The Balaban J connectivity index is 1.46. The van der Waals surface area contributed by atoms with Crippen molar-refractivity contribution in [3.05, 3.63) is 100 Å². The Labute approximate surface area is 196 Å². The van der Waals surface area contributed by atoms with E-state index >= 15 is 0 Å². The average molecular weight is 447 g/mol. The largest absolute Gasteiger partial charge is 0.489 e. The molecule has 1 aliphatic carbocycles. The highest BCUT2D eigenvalue weighted by atomic mass is 19.3. The third kappa shape index (κ3) is 5.35. The first kappa shape index (κ1) is 23.2. The first-order chi connectivity index (χ1) is 15.7. The van der Waals surface area contributed by atoms with Crippen LogP contribution in [0.1, 0.15) is 53.6 Å². The number of fused-ring (bicyclic) bond motifs is 1. The second kappa shape index (κ2) is 9.51. The van der Waals surface area contributed by atoms with Gasteiger partial charge in [-0.2, -0.15) is 0 Å². The molecular formula is C30H32F2O. The first-order valence-electron chi connectivity index (χ1n) is 11.7. The zero-order valence-electron chi connectivity index (χ0n) is 19.8. The summed E-state index contributed by atoms with van der Waals surface area (Å²) in [5.41, 5.74) is 9.86. The lowest BCUT2D eigenvalue weighted by molar-refractivity contribution is 0.0175. The number of halogens is 2. The van der Waals surface area contributed by atoms with Gasteiger partial charge in [0.05, 0.1) is 0 Å². The summed E-state index contributed by atoms with van der Waals surface area (Å²) < 4.78 is 33.0. The number of hydrogen-bond acceptors (Lipinski definition) is 1. The van der Waals surface area contributed by atoms with Gasteiger partial charge >= 0.3 is 0 Å². The van der Waals surface area contributed by atoms with Crippen molar-refractivity contribution in [2.45, 2.75) is 58.8 Å². The van der Waals surface area contributed by atoms with Crippen molar-refractivity contribution in [1.29, 1.82) is 0 Å². The van der Waals surface area contributed by atoms with Gasteiger partial charge in [0.2, 0.25) is 0 Å². The quantitative estimate of drug-likeness (QED) is 0.319. The van der Waals surface area contributed by atoms with E-state index < -0.39 is 5.92 Å². The molecule has 0 atom stereocenters. The van der Waals surface area contributed by atoms with Gasteiger partial charge in [0.15, 0.2) is 0 Å². The molecule has 0 aromatic heterocycles. The van der Waals surface area contributed by atoms with E-state index in [2.05, 4.69) is 43.8 Å². The fourth-order valence-electron chi connectivity index (χ4n) is 4.72. The van der Waals surface area contributed by atoms with Gasteiger partial charge in [0.1, 0.15) is 12.4 Å². The lowest BCUT2D eigenvalue weighted by atomic mass is 9.93. The number of benzene rings is 3. The Morgan fingerprint density at radius 1 is 0.939 bits per heavy atom. The summed E-state index contributed by atoms with van der Waals surface area (Å²) in [4.78, 5) is 0. The molecule has 4 rings (SSSR count). The summed E-state index contributed by atoms with van der Waals surface area (Å²) in [6.07, 6.45) is 5.38. The molecule has 0 N–H and O–H groups in total. The van der Waals surface area contributed by atoms with E-state index in [4.69, 9.17) is 4.74 Å². The van der Waals surface area contributed by atoms with Crippen molar-refractivity contribution >= 4 is 0 Å². The summed E-state index contributed by atoms with van der Waals surface area (Å²) >= 11 is 0. The van der Waals surface area contributed by atoms with Gasteiger partial charge in [0, 0.05) is 12.5 Å². The Morgan fingerprint density at radius 2 is 1.55 bits per heavy atom. The standard InChI is InChI=1S/C30H32F2O/c1-20(2)19-33-29-21(3)18-25(27-6-5-7-28(27)29)13-10-22-8-11-23(12-9-22)24-14-16-26(17-15-24)30(4,31)32/h8-9,11-12,14-18H,1,5-7,10,13,19H2,2-4H3. The van der Waals surface area contributed by atoms with Crippen LogP contribution in [0.15, 0.2) is 66.7 Å². The highest BCUT2D eigenvalue weighted by Crippen LogP contribution is 2.37. The van der Waals surface area contributed by atoms with Gasteiger partial charge in [-0.15, -0.1) is 0 Å². The lowest BCUT2D eigenvalue weighted by Gasteiger charge is -2.17. The highest BCUT2D eigenvalue weighted by Gasteiger charge is 2.24. The monoisotopic (exact) mass is 446 g/mol. The molecule has 0 unspecified atom stereocenters. The van der Waals surface area contributed by atoms with Crippen LogP contribution in [0, 0.1) is 6.92 Å². The van der Waals surface area contributed by atoms with E-state index in [9.17, 15) is 8.78 Å². The van der Waals surface area contributed by atoms with Gasteiger partial charge < -0.3 is 4.74 Å². The van der Waals surface area contributed by atoms with Crippen LogP contribution in [0.4, 0.5) is 8.78 Å². The summed E-state index contributed by atoms with van der Waals surface area (Å²) in [6, 6.07) is 17.3. The molecule has 0 saturated carbocycles. The molecule has 172 valence electrons. The van der Waals surface area contributed by atoms with Gasteiger partial charge in [0.25, 0.3) is 5.92 Å². The normalized spacial score (nSPS) is 13.1. The van der Waals surface area contributed by atoms with E-state index in [0.29, 0.717) is 6.61 Å². The topological polar surface area (TPSA) is 9.23 Å². The van der Waals surface area contributed by atoms with Crippen molar-refractivity contribution in [2.75, 3.05) is 6.61 Å². The number of ether oxygens (including phenoxy) is 1. The van der Waals surface area contributed by atoms with Crippen molar-refractivity contribution < 1.29 is 13.5 Å². The maximum absolute atomic E-state index is 13.5. The minimum absolute atomic E-state index is 0.0433. The van der Waals surface area contributed by atoms with Crippen molar-refractivity contribution in [2.24, 2.45) is 0 Å². The van der Waals surface area contributed by atoms with Crippen molar-refractivity contribution in [1.82, 2.24) is 0 Å². The molecule has 0 spiro atoms. The molecule has 0 aliphatic heterocycles. The van der Waals surface area contributed by atoms with Crippen LogP contribution in [-0.4, -0.2) is 6.61 Å². The maximum Gasteiger partial charge on any atom is 0.270 e. The Morgan fingerprint density at radius 3 is 2.15 bits per heavy atom. The minimum atomic E-state index is -2.81. The van der Waals surface area contributed by atoms with E-state index in [1.807, 2.05) is 6.92 Å². The van der Waals surface area contributed by atoms with Crippen LogP contribution in [0.5, 0.6) is 5.75 Å². The molecule has 0 amide bonds. The van der Waals surface area contributed by atoms with Crippen LogP contribution >= 0.6 is 0 Å². The SMILES string of the molecule is C=C(C)COc1c(C)cc(CCc2ccc(-c3ccc(C(C)(F)F)cc3)cc2)c2c1CCC2. The third-order valence-electron chi connectivity index (χ3n) is 6.45. The fourth-order valence-corrected chi connectivity index (χ4v) is 4.72. The molecule has 1 aliphatic rings. The molecule has 0 bridgehead atoms. The summed E-state index contributed by atoms with van der Waals surface area (Å²) in [6.45, 7) is 9.59. The maximum atomic E-state index is 13.5. The number of hydrogen-bond donors (Lipinski definition) is 0. The van der Waals surface area contributed by atoms with Gasteiger partial charge in [-0.1, -0.05) is 61.2 Å². The third-order valence-corrected chi connectivity index (χ3v) is 6.45. The van der Waals surface area contributed by atoms with Crippen LogP contribution in [-0.2, 0) is 31.6 Å². The lowest BCUT2D eigenvalue weighted by Crippen LogP contribution is -2.06. The van der Waals surface area contributed by atoms with Crippen molar-refractivity contribution in [3.8, 4) is 16.9 Å². The minimum Gasteiger partial charge on any atom is -0.489 e. The van der Waals surface area contributed by atoms with Crippen LogP contribution in [0.3, 0.4) is 0 Å². The molecule has 3 aromatic carbocycles. The Bertz CT molecular complexity index is 1140. The molecule has 1 nitrogen and oxygen atoms in total. The summed E-state index contributed by atoms with van der Waals surface area (Å²) in [5, 5.41) is 0. The molecule has 0 fully saturated rings.